The number of rotatable bonds is 16. The van der Waals surface area contributed by atoms with Crippen molar-refractivity contribution in [3.63, 3.8) is 0 Å². The van der Waals surface area contributed by atoms with Crippen molar-refractivity contribution in [3.05, 3.63) is 60.7 Å². The van der Waals surface area contributed by atoms with Crippen LogP contribution >= 0.6 is 0 Å². The number of hydrogen-bond acceptors (Lipinski definition) is 6. The largest absolute Gasteiger partial charge is 0.348 e. The van der Waals surface area contributed by atoms with Gasteiger partial charge in [0.25, 0.3) is 5.91 Å². The Labute approximate surface area is 337 Å². The van der Waals surface area contributed by atoms with Crippen LogP contribution in [-0.2, 0) is 30.5 Å². The number of nitrogens with one attached hydrogen (secondary N) is 5. The van der Waals surface area contributed by atoms with Crippen LogP contribution in [0.2, 0.25) is 0 Å². The Bertz CT molecular complexity index is 1700. The number of benzene rings is 1. The standard InChI is InChI=1S/C45H62N6O6/c1-4-5-17-34(39(53)41(55)46-19-12-18-35(52)47-26-28-13-8-6-9-14-28)48-40(54)38-36-33(44(36,2)3)27-51(38)42(56)37(32-15-10-7-11-16-32)49-43(57)50-45-23-29-20-30(24-45)22-31(21-29)25-45/h4,6,8-9,12-14,18,29-34,36-38H,1,5,7,10-11,15-17,19-27H2,2-3H3,(H,46,55)(H,47,52)(H,48,54)(H2,49,50,57)/b18-12+/t29?,30?,31?,33?,34-,36?,37+,38+,45?/m1/s1. The summed E-state index contributed by atoms with van der Waals surface area (Å²) >= 11 is 0. The molecule has 1 heterocycles. The van der Waals surface area contributed by atoms with Crippen molar-refractivity contribution in [1.82, 2.24) is 31.5 Å². The van der Waals surface area contributed by atoms with Crippen LogP contribution in [0.3, 0.4) is 0 Å². The number of hydrogen-bond donors (Lipinski definition) is 5. The molecule has 0 spiro atoms. The smallest absolute Gasteiger partial charge is 0.315 e. The summed E-state index contributed by atoms with van der Waals surface area (Å²) in [6, 6.07) is 6.46. The van der Waals surface area contributed by atoms with Gasteiger partial charge < -0.3 is 31.5 Å². The third kappa shape index (κ3) is 9.15. The molecular formula is C45H62N6O6. The van der Waals surface area contributed by atoms with E-state index in [9.17, 15) is 28.8 Å². The summed E-state index contributed by atoms with van der Waals surface area (Å²) in [5.74, 6) is -0.770. The van der Waals surface area contributed by atoms with Crippen LogP contribution in [0.4, 0.5) is 4.79 Å². The average Bonchev–Trinajstić information content (AvgIpc) is 3.48. The molecule has 5 atom stereocenters. The second-order valence-electron chi connectivity index (χ2n) is 18.7. The molecule has 8 rings (SSSR count). The molecule has 0 aromatic heterocycles. The third-order valence-electron chi connectivity index (χ3n) is 14.3. The molecule has 308 valence electrons. The maximum Gasteiger partial charge on any atom is 0.315 e. The van der Waals surface area contributed by atoms with Gasteiger partial charge in [-0.25, -0.2) is 4.79 Å². The average molecular weight is 783 g/mol. The fourth-order valence-electron chi connectivity index (χ4n) is 11.7. The van der Waals surface area contributed by atoms with E-state index in [0.29, 0.717) is 37.3 Å². The van der Waals surface area contributed by atoms with Crippen LogP contribution in [0, 0.1) is 40.9 Å². The number of urea groups is 1. The zero-order chi connectivity index (χ0) is 40.3. The highest BCUT2D eigenvalue weighted by atomic mass is 16.2. The Hall–Kier alpha value is -4.48. The lowest BCUT2D eigenvalue weighted by Crippen LogP contribution is -2.64. The minimum Gasteiger partial charge on any atom is -0.348 e. The molecule has 12 nitrogen and oxygen atoms in total. The van der Waals surface area contributed by atoms with Gasteiger partial charge in [-0.3, -0.25) is 24.0 Å². The molecule has 57 heavy (non-hydrogen) atoms. The number of amides is 6. The van der Waals surface area contributed by atoms with E-state index in [-0.39, 0.29) is 59.5 Å². The van der Waals surface area contributed by atoms with Crippen molar-refractivity contribution in [2.24, 2.45) is 40.9 Å². The number of likely N-dealkylation sites (tertiary alicyclic amines) is 1. The molecule has 1 aromatic rings. The van der Waals surface area contributed by atoms with Crippen molar-refractivity contribution in [2.45, 2.75) is 128 Å². The molecule has 4 bridgehead atoms. The Morgan fingerprint density at radius 3 is 2.21 bits per heavy atom. The molecule has 7 fully saturated rings. The fourth-order valence-corrected chi connectivity index (χ4v) is 11.7. The summed E-state index contributed by atoms with van der Waals surface area (Å²) in [5, 5.41) is 14.8. The van der Waals surface area contributed by atoms with E-state index in [1.165, 1.54) is 31.4 Å². The maximum atomic E-state index is 14.8. The quantitative estimate of drug-likeness (QED) is 0.0928. The van der Waals surface area contributed by atoms with Gasteiger partial charge in [0.2, 0.25) is 23.5 Å². The van der Waals surface area contributed by atoms with E-state index in [4.69, 9.17) is 0 Å². The summed E-state index contributed by atoms with van der Waals surface area (Å²) < 4.78 is 0. The third-order valence-corrected chi connectivity index (χ3v) is 14.3. The van der Waals surface area contributed by atoms with Gasteiger partial charge >= 0.3 is 6.03 Å². The van der Waals surface area contributed by atoms with Gasteiger partial charge in [0.05, 0.1) is 6.04 Å². The van der Waals surface area contributed by atoms with Crippen molar-refractivity contribution in [2.75, 3.05) is 13.1 Å². The molecule has 6 saturated carbocycles. The van der Waals surface area contributed by atoms with Gasteiger partial charge in [-0.1, -0.05) is 75.6 Å². The lowest BCUT2D eigenvalue weighted by Gasteiger charge is -2.56. The van der Waals surface area contributed by atoms with Crippen LogP contribution in [0.25, 0.3) is 0 Å². The molecule has 6 amide bonds. The molecule has 6 aliphatic carbocycles. The lowest BCUT2D eigenvalue weighted by molar-refractivity contribution is -0.144. The van der Waals surface area contributed by atoms with Gasteiger partial charge in [0.15, 0.2) is 0 Å². The predicted molar refractivity (Wildman–Crippen MR) is 216 cm³/mol. The minimum atomic E-state index is -1.13. The van der Waals surface area contributed by atoms with Gasteiger partial charge in [-0.15, -0.1) is 6.58 Å². The SMILES string of the molecule is C=CCC[C@@H](NC(=O)[C@@H]1C2C(CN1C(=O)[C@@H](NC(=O)NC13CC4CC(CC(C4)C1)C3)C1CCCCC1)C2(C)C)C(=O)C(=O)NC/C=C/C(=O)NCc1ccccc1. The van der Waals surface area contributed by atoms with Gasteiger partial charge in [-0.05, 0) is 111 Å². The molecular weight excluding hydrogens is 721 g/mol. The van der Waals surface area contributed by atoms with Crippen LogP contribution in [0.1, 0.15) is 103 Å². The van der Waals surface area contributed by atoms with E-state index in [1.807, 2.05) is 30.3 Å². The minimum absolute atomic E-state index is 0.0309. The highest BCUT2D eigenvalue weighted by molar-refractivity contribution is 6.38. The Kier molecular flexibility index (Phi) is 12.3. The number of piperidine rings is 1. The highest BCUT2D eigenvalue weighted by Gasteiger charge is 2.70. The maximum absolute atomic E-state index is 14.8. The summed E-state index contributed by atoms with van der Waals surface area (Å²) in [6.45, 7) is 8.66. The molecule has 5 N–H and O–H groups in total. The van der Waals surface area contributed by atoms with Crippen molar-refractivity contribution < 1.29 is 28.8 Å². The number of nitrogens with zero attached hydrogens (tertiary/aromatic N) is 1. The first-order valence-electron chi connectivity index (χ1n) is 21.5. The first kappa shape index (κ1) is 40.7. The number of carbonyl (C=O) groups is 6. The van der Waals surface area contributed by atoms with E-state index < -0.39 is 35.7 Å². The Balaban J connectivity index is 0.996. The Morgan fingerprint density at radius 1 is 0.895 bits per heavy atom. The molecule has 12 heteroatoms. The predicted octanol–water partition coefficient (Wildman–Crippen LogP) is 4.70. The number of allylic oxidation sites excluding steroid dienone is 1. The molecule has 7 aliphatic rings. The molecule has 1 saturated heterocycles. The zero-order valence-electron chi connectivity index (χ0n) is 33.7. The normalized spacial score (nSPS) is 30.5. The summed E-state index contributed by atoms with van der Waals surface area (Å²) in [7, 11) is 0. The van der Waals surface area contributed by atoms with Crippen molar-refractivity contribution in [1.29, 1.82) is 0 Å². The first-order valence-corrected chi connectivity index (χ1v) is 21.5. The van der Waals surface area contributed by atoms with Crippen LogP contribution in [0.15, 0.2) is 55.1 Å². The number of Topliss-reactive ketones (excluding diaryl/α,β-unsaturated/α-hetero) is 1. The molecule has 1 aliphatic heterocycles. The monoisotopic (exact) mass is 782 g/mol. The van der Waals surface area contributed by atoms with Gasteiger partial charge in [0, 0.05) is 31.2 Å². The molecule has 2 unspecified atom stereocenters. The van der Waals surface area contributed by atoms with Gasteiger partial charge in [0.1, 0.15) is 12.1 Å². The summed E-state index contributed by atoms with van der Waals surface area (Å²) in [4.78, 5) is 83.5. The summed E-state index contributed by atoms with van der Waals surface area (Å²) in [5.41, 5.74) is 0.570. The number of carbonyl (C=O) groups excluding carboxylic acids is 6. The number of ketones is 1. The summed E-state index contributed by atoms with van der Waals surface area (Å²) in [6.07, 6.45) is 16.5. The van der Waals surface area contributed by atoms with Crippen molar-refractivity contribution in [3.8, 4) is 0 Å². The highest BCUT2D eigenvalue weighted by Crippen LogP contribution is 2.65. The number of fused-ring (bicyclic) bond motifs is 1. The molecule has 1 aromatic carbocycles. The lowest BCUT2D eigenvalue weighted by atomic mass is 9.53. The van der Waals surface area contributed by atoms with E-state index in [0.717, 1.165) is 56.9 Å². The van der Waals surface area contributed by atoms with Crippen LogP contribution in [-0.4, -0.2) is 77.1 Å². The van der Waals surface area contributed by atoms with Crippen molar-refractivity contribution >= 4 is 35.4 Å². The van der Waals surface area contributed by atoms with E-state index in [2.05, 4.69) is 47.0 Å². The Morgan fingerprint density at radius 2 is 1.56 bits per heavy atom. The zero-order valence-corrected chi connectivity index (χ0v) is 33.7. The van der Waals surface area contributed by atoms with E-state index >= 15 is 0 Å². The fraction of sp³-hybridized carbons (Fsp3) is 0.644. The first-order chi connectivity index (χ1) is 27.4. The second-order valence-corrected chi connectivity index (χ2v) is 18.7. The van der Waals surface area contributed by atoms with Crippen LogP contribution < -0.4 is 26.6 Å². The second kappa shape index (κ2) is 17.2. The molecule has 0 radical (unpaired) electrons. The van der Waals surface area contributed by atoms with Gasteiger partial charge in [-0.2, -0.15) is 0 Å². The van der Waals surface area contributed by atoms with E-state index in [1.54, 1.807) is 11.0 Å². The van der Waals surface area contributed by atoms with Crippen LogP contribution in [0.5, 0.6) is 0 Å². The topological polar surface area (TPSA) is 166 Å².